The maximum Gasteiger partial charge on any atom is 0.344 e. The minimum Gasteiger partial charge on any atom is -0.452 e. The van der Waals surface area contributed by atoms with E-state index in [4.69, 9.17) is 20.9 Å². The Balaban J connectivity index is 1.70. The number of carbonyl (C=O) groups is 2. The molecule has 3 rings (SSSR count). The summed E-state index contributed by atoms with van der Waals surface area (Å²) in [4.78, 5) is 26.2. The van der Waals surface area contributed by atoms with E-state index < -0.39 is 24.3 Å². The van der Waals surface area contributed by atoms with Crippen molar-refractivity contribution in [3.05, 3.63) is 76.0 Å². The van der Waals surface area contributed by atoms with Gasteiger partial charge >= 0.3 is 5.97 Å². The Morgan fingerprint density at radius 2 is 1.87 bits per heavy atom. The van der Waals surface area contributed by atoms with E-state index in [0.29, 0.717) is 5.56 Å². The quantitative estimate of drug-likeness (QED) is 0.538. The summed E-state index contributed by atoms with van der Waals surface area (Å²) in [5.74, 6) is -2.34. The lowest BCUT2D eigenvalue weighted by Gasteiger charge is -2.17. The molecule has 0 radical (unpaired) electrons. The van der Waals surface area contributed by atoms with Crippen molar-refractivity contribution in [3.63, 3.8) is 0 Å². The summed E-state index contributed by atoms with van der Waals surface area (Å²) in [7, 11) is 1.52. The largest absolute Gasteiger partial charge is 0.452 e. The topological polar surface area (TPSA) is 72.6 Å². The van der Waals surface area contributed by atoms with E-state index in [1.54, 1.807) is 12.1 Å². The third-order valence-electron chi connectivity index (χ3n) is 4.35. The van der Waals surface area contributed by atoms with Gasteiger partial charge in [-0.3, -0.25) is 4.79 Å². The molecule has 0 unspecified atom stereocenters. The van der Waals surface area contributed by atoms with Gasteiger partial charge in [0.25, 0.3) is 5.91 Å². The predicted octanol–water partition coefficient (Wildman–Crippen LogP) is 4.40. The molecule has 3 aromatic rings. The standard InChI is InChI=1S/C21H17ClF2N2O4/c1-12-18(20(25-30-12)19-15(22)4-3-5-16(19)24)21(28)29-11-17(27)26(2)10-13-6-8-14(23)9-7-13/h3-9H,10-11H2,1-2H3. The van der Waals surface area contributed by atoms with Gasteiger partial charge < -0.3 is 14.2 Å². The molecule has 1 aromatic heterocycles. The molecule has 0 bridgehead atoms. The minimum absolute atomic E-state index is 0.0486. The third-order valence-corrected chi connectivity index (χ3v) is 4.67. The highest BCUT2D eigenvalue weighted by atomic mass is 35.5. The maximum atomic E-state index is 14.2. The van der Waals surface area contributed by atoms with Gasteiger partial charge in [0.1, 0.15) is 28.7 Å². The van der Waals surface area contributed by atoms with Crippen LogP contribution in [-0.2, 0) is 16.1 Å². The SMILES string of the molecule is Cc1onc(-c2c(F)cccc2Cl)c1C(=O)OCC(=O)N(C)Cc1ccc(F)cc1. The van der Waals surface area contributed by atoms with Gasteiger partial charge in [0.2, 0.25) is 0 Å². The number of benzene rings is 2. The van der Waals surface area contributed by atoms with Crippen LogP contribution in [0.2, 0.25) is 5.02 Å². The number of halogens is 3. The van der Waals surface area contributed by atoms with Crippen LogP contribution >= 0.6 is 11.6 Å². The highest BCUT2D eigenvalue weighted by Gasteiger charge is 2.27. The summed E-state index contributed by atoms with van der Waals surface area (Å²) in [6.07, 6.45) is 0. The summed E-state index contributed by atoms with van der Waals surface area (Å²) in [5.41, 5.74) is 0.399. The first kappa shape index (κ1) is 21.4. The van der Waals surface area contributed by atoms with E-state index in [-0.39, 0.29) is 40.0 Å². The Morgan fingerprint density at radius 3 is 2.53 bits per heavy atom. The zero-order valence-electron chi connectivity index (χ0n) is 16.1. The highest BCUT2D eigenvalue weighted by molar-refractivity contribution is 6.33. The fourth-order valence-corrected chi connectivity index (χ4v) is 3.02. The predicted molar refractivity (Wildman–Crippen MR) is 105 cm³/mol. The monoisotopic (exact) mass is 434 g/mol. The van der Waals surface area contributed by atoms with E-state index >= 15 is 0 Å². The summed E-state index contributed by atoms with van der Waals surface area (Å²) < 4.78 is 37.3. The molecule has 1 amide bonds. The lowest BCUT2D eigenvalue weighted by molar-refractivity contribution is -0.133. The van der Waals surface area contributed by atoms with Crippen molar-refractivity contribution in [2.45, 2.75) is 13.5 Å². The third kappa shape index (κ3) is 4.65. The first-order valence-corrected chi connectivity index (χ1v) is 9.22. The number of hydrogen-bond donors (Lipinski definition) is 0. The van der Waals surface area contributed by atoms with Crippen molar-refractivity contribution < 1.29 is 27.6 Å². The Bertz CT molecular complexity index is 1060. The van der Waals surface area contributed by atoms with Crippen LogP contribution in [0, 0.1) is 18.6 Å². The van der Waals surface area contributed by atoms with E-state index in [2.05, 4.69) is 5.16 Å². The number of carbonyl (C=O) groups excluding carboxylic acids is 2. The first-order valence-electron chi connectivity index (χ1n) is 8.84. The molecule has 30 heavy (non-hydrogen) atoms. The molecule has 0 aliphatic carbocycles. The molecule has 2 aromatic carbocycles. The van der Waals surface area contributed by atoms with E-state index in [1.165, 1.54) is 49.2 Å². The summed E-state index contributed by atoms with van der Waals surface area (Å²) >= 11 is 6.05. The fourth-order valence-electron chi connectivity index (χ4n) is 2.77. The molecule has 0 aliphatic rings. The fraction of sp³-hybridized carbons (Fsp3) is 0.190. The number of nitrogens with zero attached hydrogens (tertiary/aromatic N) is 2. The molecule has 0 N–H and O–H groups in total. The van der Waals surface area contributed by atoms with Gasteiger partial charge in [0.15, 0.2) is 6.61 Å². The van der Waals surface area contributed by atoms with Crippen LogP contribution in [0.15, 0.2) is 47.0 Å². The van der Waals surface area contributed by atoms with Crippen molar-refractivity contribution in [2.24, 2.45) is 0 Å². The lowest BCUT2D eigenvalue weighted by atomic mass is 10.1. The van der Waals surface area contributed by atoms with Gasteiger partial charge in [0.05, 0.1) is 10.6 Å². The van der Waals surface area contributed by atoms with E-state index in [9.17, 15) is 18.4 Å². The van der Waals surface area contributed by atoms with Gasteiger partial charge in [-0.25, -0.2) is 13.6 Å². The molecular weight excluding hydrogens is 418 g/mol. The van der Waals surface area contributed by atoms with Crippen LogP contribution in [-0.4, -0.2) is 35.6 Å². The van der Waals surface area contributed by atoms with E-state index in [1.807, 2.05) is 0 Å². The van der Waals surface area contributed by atoms with Crippen LogP contribution in [0.25, 0.3) is 11.3 Å². The summed E-state index contributed by atoms with van der Waals surface area (Å²) in [6, 6.07) is 9.73. The number of aryl methyl sites for hydroxylation is 1. The van der Waals surface area contributed by atoms with Gasteiger partial charge in [-0.2, -0.15) is 0 Å². The molecule has 0 atom stereocenters. The summed E-state index contributed by atoms with van der Waals surface area (Å²) in [6.45, 7) is 1.12. The van der Waals surface area contributed by atoms with Crippen LogP contribution in [0.5, 0.6) is 0 Å². The molecular formula is C21H17ClF2N2O4. The van der Waals surface area contributed by atoms with Crippen LogP contribution in [0.4, 0.5) is 8.78 Å². The van der Waals surface area contributed by atoms with Crippen molar-refractivity contribution in [3.8, 4) is 11.3 Å². The maximum absolute atomic E-state index is 14.2. The van der Waals surface area contributed by atoms with E-state index in [0.717, 1.165) is 0 Å². The van der Waals surface area contributed by atoms with Crippen LogP contribution in [0.1, 0.15) is 21.7 Å². The zero-order chi connectivity index (χ0) is 21.8. The molecule has 156 valence electrons. The molecule has 0 spiro atoms. The van der Waals surface area contributed by atoms with Gasteiger partial charge in [-0.1, -0.05) is 35.0 Å². The number of rotatable bonds is 6. The highest BCUT2D eigenvalue weighted by Crippen LogP contribution is 2.33. The Labute approximate surface area is 176 Å². The normalized spacial score (nSPS) is 10.7. The second kappa shape index (κ2) is 9.04. The second-order valence-corrected chi connectivity index (χ2v) is 6.92. The molecule has 0 saturated heterocycles. The smallest absolute Gasteiger partial charge is 0.344 e. The molecule has 0 fully saturated rings. The second-order valence-electron chi connectivity index (χ2n) is 6.51. The molecule has 9 heteroatoms. The van der Waals surface area contributed by atoms with Crippen molar-refractivity contribution >= 4 is 23.5 Å². The number of likely N-dealkylation sites (N-methyl/N-ethyl adjacent to an activating group) is 1. The number of amides is 1. The molecule has 0 aliphatic heterocycles. The van der Waals surface area contributed by atoms with Gasteiger partial charge in [0, 0.05) is 13.6 Å². The summed E-state index contributed by atoms with van der Waals surface area (Å²) in [5, 5.41) is 3.78. The van der Waals surface area contributed by atoms with Crippen LogP contribution < -0.4 is 0 Å². The van der Waals surface area contributed by atoms with Crippen LogP contribution in [0.3, 0.4) is 0 Å². The zero-order valence-corrected chi connectivity index (χ0v) is 16.9. The lowest BCUT2D eigenvalue weighted by Crippen LogP contribution is -2.31. The first-order chi connectivity index (χ1) is 14.3. The molecule has 1 heterocycles. The van der Waals surface area contributed by atoms with Crippen molar-refractivity contribution in [2.75, 3.05) is 13.7 Å². The Kier molecular flexibility index (Phi) is 6.47. The number of esters is 1. The average molecular weight is 435 g/mol. The number of ether oxygens (including phenoxy) is 1. The van der Waals surface area contributed by atoms with Gasteiger partial charge in [-0.05, 0) is 36.8 Å². The minimum atomic E-state index is -0.897. The number of aromatic nitrogens is 1. The molecule has 6 nitrogen and oxygen atoms in total. The average Bonchev–Trinajstić information content (AvgIpc) is 3.08. The van der Waals surface area contributed by atoms with Crippen molar-refractivity contribution in [1.29, 1.82) is 0 Å². The number of hydrogen-bond acceptors (Lipinski definition) is 5. The molecule has 0 saturated carbocycles. The Hall–Kier alpha value is -3.26. The van der Waals surface area contributed by atoms with Gasteiger partial charge in [-0.15, -0.1) is 0 Å². The van der Waals surface area contributed by atoms with Crippen molar-refractivity contribution in [1.82, 2.24) is 10.1 Å². The Morgan fingerprint density at radius 1 is 1.17 bits per heavy atom.